The van der Waals surface area contributed by atoms with Crippen molar-refractivity contribution in [1.82, 2.24) is 19.9 Å². The molecule has 6 heteroatoms. The van der Waals surface area contributed by atoms with Crippen LogP contribution in [-0.4, -0.2) is 38.4 Å². The van der Waals surface area contributed by atoms with E-state index in [-0.39, 0.29) is 12.5 Å². The van der Waals surface area contributed by atoms with Gasteiger partial charge in [-0.1, -0.05) is 5.21 Å². The molecule has 1 aromatic rings. The van der Waals surface area contributed by atoms with Gasteiger partial charge in [-0.3, -0.25) is 4.79 Å². The summed E-state index contributed by atoms with van der Waals surface area (Å²) in [4.78, 5) is 13.7. The van der Waals surface area contributed by atoms with Gasteiger partial charge in [0.15, 0.2) is 5.82 Å². The van der Waals surface area contributed by atoms with E-state index in [0.29, 0.717) is 11.9 Å². The van der Waals surface area contributed by atoms with Gasteiger partial charge in [-0.05, 0) is 19.8 Å². The second-order valence-corrected chi connectivity index (χ2v) is 3.75. The van der Waals surface area contributed by atoms with Crippen LogP contribution >= 0.6 is 0 Å². The molecule has 6 nitrogen and oxygen atoms in total. The Bertz CT molecular complexity index is 357. The summed E-state index contributed by atoms with van der Waals surface area (Å²) in [7, 11) is 0. The van der Waals surface area contributed by atoms with Crippen molar-refractivity contribution in [1.29, 1.82) is 0 Å². The first-order chi connectivity index (χ1) is 7.20. The Labute approximate surface area is 88.0 Å². The topological polar surface area (TPSA) is 77.0 Å². The highest BCUT2D eigenvalue weighted by Gasteiger charge is 2.31. The molecule has 0 unspecified atom stereocenters. The van der Waals surface area contributed by atoms with Gasteiger partial charge in [0.1, 0.15) is 6.54 Å². The highest BCUT2D eigenvalue weighted by atomic mass is 16.2. The van der Waals surface area contributed by atoms with E-state index in [1.807, 2.05) is 11.8 Å². The Hall–Kier alpha value is -1.59. The Morgan fingerprint density at radius 2 is 2.47 bits per heavy atom. The maximum absolute atomic E-state index is 11.8. The van der Waals surface area contributed by atoms with Crippen molar-refractivity contribution in [3.8, 4) is 0 Å². The zero-order valence-corrected chi connectivity index (χ0v) is 8.76. The lowest BCUT2D eigenvalue weighted by Crippen LogP contribution is -2.35. The van der Waals surface area contributed by atoms with Crippen molar-refractivity contribution in [2.24, 2.45) is 0 Å². The monoisotopic (exact) mass is 209 g/mol. The second-order valence-electron chi connectivity index (χ2n) is 3.75. The van der Waals surface area contributed by atoms with Crippen molar-refractivity contribution in [3.63, 3.8) is 0 Å². The van der Waals surface area contributed by atoms with Gasteiger partial charge < -0.3 is 10.6 Å². The van der Waals surface area contributed by atoms with Crippen LogP contribution in [0.3, 0.4) is 0 Å². The molecule has 0 atom stereocenters. The molecule has 2 rings (SSSR count). The molecule has 0 radical (unpaired) electrons. The van der Waals surface area contributed by atoms with E-state index in [0.717, 1.165) is 19.4 Å². The lowest BCUT2D eigenvalue weighted by molar-refractivity contribution is -0.132. The van der Waals surface area contributed by atoms with Crippen LogP contribution in [0.1, 0.15) is 19.8 Å². The molecule has 82 valence electrons. The number of likely N-dealkylation sites (N-methyl/N-ethyl adjacent to an activating group) is 1. The summed E-state index contributed by atoms with van der Waals surface area (Å²) >= 11 is 0. The number of nitrogens with two attached hydrogens (primary N) is 1. The number of nitrogens with zero attached hydrogens (tertiary/aromatic N) is 4. The Morgan fingerprint density at radius 3 is 2.93 bits per heavy atom. The standard InChI is InChI=1S/C9H15N5O/c1-2-14(7-3-4-7)9(15)6-13-5-8(10)11-12-13/h5,7H,2-4,6,10H2,1H3. The van der Waals surface area contributed by atoms with Gasteiger partial charge in [-0.2, -0.15) is 0 Å². The van der Waals surface area contributed by atoms with Crippen LogP contribution in [0.2, 0.25) is 0 Å². The SMILES string of the molecule is CCN(C(=O)Cn1cc(N)nn1)C1CC1. The van der Waals surface area contributed by atoms with Crippen molar-refractivity contribution < 1.29 is 4.79 Å². The van der Waals surface area contributed by atoms with E-state index in [1.54, 1.807) is 6.20 Å². The molecule has 1 heterocycles. The Morgan fingerprint density at radius 1 is 1.73 bits per heavy atom. The molecule has 0 bridgehead atoms. The van der Waals surface area contributed by atoms with Crippen LogP contribution in [0.5, 0.6) is 0 Å². The third-order valence-electron chi connectivity index (χ3n) is 2.50. The first kappa shape index (κ1) is 9.95. The molecule has 1 amide bonds. The molecule has 0 aliphatic heterocycles. The highest BCUT2D eigenvalue weighted by molar-refractivity contribution is 5.76. The van der Waals surface area contributed by atoms with Crippen molar-refractivity contribution in [2.45, 2.75) is 32.4 Å². The zero-order valence-electron chi connectivity index (χ0n) is 8.76. The summed E-state index contributed by atoms with van der Waals surface area (Å²) in [6.45, 7) is 2.98. The maximum Gasteiger partial charge on any atom is 0.244 e. The molecule has 0 aromatic carbocycles. The Kier molecular flexibility index (Phi) is 2.57. The summed E-state index contributed by atoms with van der Waals surface area (Å²) in [5.41, 5.74) is 5.42. The summed E-state index contributed by atoms with van der Waals surface area (Å²) in [5.74, 6) is 0.433. The molecular formula is C9H15N5O. The van der Waals surface area contributed by atoms with Gasteiger partial charge in [0.2, 0.25) is 5.91 Å². The number of rotatable bonds is 4. The van der Waals surface area contributed by atoms with Gasteiger partial charge in [0.05, 0.1) is 6.20 Å². The zero-order chi connectivity index (χ0) is 10.8. The van der Waals surface area contributed by atoms with E-state index in [2.05, 4.69) is 10.3 Å². The third-order valence-corrected chi connectivity index (χ3v) is 2.50. The number of carbonyl (C=O) groups excluding carboxylic acids is 1. The van der Waals surface area contributed by atoms with Crippen LogP contribution in [-0.2, 0) is 11.3 Å². The van der Waals surface area contributed by atoms with Crippen LogP contribution in [0.25, 0.3) is 0 Å². The predicted molar refractivity (Wildman–Crippen MR) is 54.8 cm³/mol. The van der Waals surface area contributed by atoms with Crippen molar-refractivity contribution in [2.75, 3.05) is 12.3 Å². The lowest BCUT2D eigenvalue weighted by atomic mass is 10.4. The molecule has 15 heavy (non-hydrogen) atoms. The lowest BCUT2D eigenvalue weighted by Gasteiger charge is -2.19. The molecule has 1 aromatic heterocycles. The van der Waals surface area contributed by atoms with E-state index in [4.69, 9.17) is 5.73 Å². The Balaban J connectivity index is 1.95. The summed E-state index contributed by atoms with van der Waals surface area (Å²) in [6.07, 6.45) is 3.82. The van der Waals surface area contributed by atoms with E-state index >= 15 is 0 Å². The molecule has 1 aliphatic rings. The van der Waals surface area contributed by atoms with E-state index in [9.17, 15) is 4.79 Å². The third kappa shape index (κ3) is 2.26. The fourth-order valence-electron chi connectivity index (χ4n) is 1.64. The van der Waals surface area contributed by atoms with E-state index in [1.165, 1.54) is 4.68 Å². The predicted octanol–water partition coefficient (Wildman–Crippen LogP) is -0.129. The van der Waals surface area contributed by atoms with Crippen LogP contribution in [0, 0.1) is 0 Å². The summed E-state index contributed by atoms with van der Waals surface area (Å²) in [5, 5.41) is 7.38. The number of aromatic nitrogens is 3. The molecular weight excluding hydrogens is 194 g/mol. The molecule has 1 saturated carbocycles. The minimum Gasteiger partial charge on any atom is -0.381 e. The maximum atomic E-state index is 11.8. The molecule has 1 fully saturated rings. The molecule has 0 saturated heterocycles. The minimum atomic E-state index is 0.0879. The van der Waals surface area contributed by atoms with E-state index < -0.39 is 0 Å². The summed E-state index contributed by atoms with van der Waals surface area (Å²) in [6, 6.07) is 0.448. The average molecular weight is 209 g/mol. The number of amides is 1. The fraction of sp³-hybridized carbons (Fsp3) is 0.667. The fourth-order valence-corrected chi connectivity index (χ4v) is 1.64. The van der Waals surface area contributed by atoms with Crippen LogP contribution in [0.4, 0.5) is 5.82 Å². The largest absolute Gasteiger partial charge is 0.381 e. The minimum absolute atomic E-state index is 0.0879. The van der Waals surface area contributed by atoms with Gasteiger partial charge in [0.25, 0.3) is 0 Å². The van der Waals surface area contributed by atoms with Crippen LogP contribution in [0.15, 0.2) is 6.20 Å². The molecule has 0 spiro atoms. The van der Waals surface area contributed by atoms with Gasteiger partial charge in [0, 0.05) is 12.6 Å². The number of anilines is 1. The quantitative estimate of drug-likeness (QED) is 0.749. The first-order valence-electron chi connectivity index (χ1n) is 5.15. The van der Waals surface area contributed by atoms with Gasteiger partial charge in [-0.25, -0.2) is 4.68 Å². The van der Waals surface area contributed by atoms with Gasteiger partial charge in [-0.15, -0.1) is 5.10 Å². The molecule has 2 N–H and O–H groups in total. The highest BCUT2D eigenvalue weighted by Crippen LogP contribution is 2.26. The number of hydrogen-bond acceptors (Lipinski definition) is 4. The second kappa shape index (κ2) is 3.88. The molecule has 1 aliphatic carbocycles. The smallest absolute Gasteiger partial charge is 0.244 e. The van der Waals surface area contributed by atoms with Crippen molar-refractivity contribution in [3.05, 3.63) is 6.20 Å². The summed E-state index contributed by atoms with van der Waals surface area (Å²) < 4.78 is 1.47. The normalized spacial score (nSPS) is 15.3. The van der Waals surface area contributed by atoms with Gasteiger partial charge >= 0.3 is 0 Å². The number of nitrogen functional groups attached to an aromatic ring is 1. The average Bonchev–Trinajstić information content (AvgIpc) is 2.93. The number of carbonyl (C=O) groups is 1. The van der Waals surface area contributed by atoms with Crippen molar-refractivity contribution >= 4 is 11.7 Å². The van der Waals surface area contributed by atoms with Crippen LogP contribution < -0.4 is 5.73 Å². The number of hydrogen-bond donors (Lipinski definition) is 1. The first-order valence-corrected chi connectivity index (χ1v) is 5.15.